The minimum atomic E-state index is -4.47. The average molecular weight is 505 g/mol. The zero-order valence-corrected chi connectivity index (χ0v) is 19.8. The summed E-state index contributed by atoms with van der Waals surface area (Å²) in [7, 11) is 1.79. The molecule has 0 unspecified atom stereocenters. The molecule has 36 heavy (non-hydrogen) atoms. The standard InChI is InChI=1S/C23H27F3N8O2/c1-32(16-7-10-33(11-8-16)22-28-12-15(13-29-22)23(24,25)26)19(35)4-2-3-9-34-14-30-18-6-5-17(20(27)36)31-21(18)34/h5-6,12-14,16H,2-4,7-11H2,1H3,(H2,27,36). The number of halogens is 3. The summed E-state index contributed by atoms with van der Waals surface area (Å²) in [6.45, 7) is 1.72. The molecule has 3 aromatic rings. The average Bonchev–Trinajstić information content (AvgIpc) is 3.28. The minimum Gasteiger partial charge on any atom is -0.364 e. The Balaban J connectivity index is 1.22. The number of unbranched alkanes of at least 4 members (excludes halogenated alkanes) is 1. The van der Waals surface area contributed by atoms with Crippen LogP contribution in [0.2, 0.25) is 0 Å². The predicted molar refractivity (Wildman–Crippen MR) is 125 cm³/mol. The smallest absolute Gasteiger partial charge is 0.364 e. The molecule has 4 rings (SSSR count). The van der Waals surface area contributed by atoms with Crippen LogP contribution >= 0.6 is 0 Å². The van der Waals surface area contributed by atoms with Crippen molar-refractivity contribution in [2.24, 2.45) is 5.73 Å². The number of primary amides is 1. The van der Waals surface area contributed by atoms with Crippen LogP contribution in [0.4, 0.5) is 19.1 Å². The van der Waals surface area contributed by atoms with Crippen LogP contribution in [0.5, 0.6) is 0 Å². The fourth-order valence-electron chi connectivity index (χ4n) is 4.26. The summed E-state index contributed by atoms with van der Waals surface area (Å²) in [5.74, 6) is -0.292. The molecule has 10 nitrogen and oxygen atoms in total. The van der Waals surface area contributed by atoms with Crippen molar-refractivity contribution in [3.63, 3.8) is 0 Å². The molecule has 3 aromatic heterocycles. The fourth-order valence-corrected chi connectivity index (χ4v) is 4.26. The van der Waals surface area contributed by atoms with Crippen molar-refractivity contribution in [3.05, 3.63) is 42.1 Å². The third-order valence-corrected chi connectivity index (χ3v) is 6.41. The molecule has 0 aliphatic carbocycles. The number of hydrogen-bond donors (Lipinski definition) is 1. The number of nitrogens with two attached hydrogens (primary N) is 1. The van der Waals surface area contributed by atoms with E-state index < -0.39 is 17.6 Å². The number of carbonyl (C=O) groups is 2. The molecule has 0 aromatic carbocycles. The first-order chi connectivity index (χ1) is 17.1. The van der Waals surface area contributed by atoms with Crippen LogP contribution in [0, 0.1) is 0 Å². The molecule has 2 amide bonds. The number of hydrogen-bond acceptors (Lipinski definition) is 7. The van der Waals surface area contributed by atoms with Gasteiger partial charge in [-0.05, 0) is 37.8 Å². The largest absolute Gasteiger partial charge is 0.419 e. The van der Waals surface area contributed by atoms with Gasteiger partial charge in [0, 0.05) is 51.5 Å². The molecule has 0 saturated carbocycles. The number of amides is 2. The van der Waals surface area contributed by atoms with E-state index in [0.29, 0.717) is 56.5 Å². The second-order valence-corrected chi connectivity index (χ2v) is 8.79. The van der Waals surface area contributed by atoms with E-state index in [1.807, 2.05) is 9.47 Å². The topological polar surface area (TPSA) is 123 Å². The van der Waals surface area contributed by atoms with Gasteiger partial charge in [-0.3, -0.25) is 9.59 Å². The van der Waals surface area contributed by atoms with Gasteiger partial charge in [0.2, 0.25) is 11.9 Å². The lowest BCUT2D eigenvalue weighted by molar-refractivity contribution is -0.138. The molecule has 0 bridgehead atoms. The second kappa shape index (κ2) is 10.5. The highest BCUT2D eigenvalue weighted by Gasteiger charge is 2.32. The van der Waals surface area contributed by atoms with E-state index in [-0.39, 0.29) is 23.6 Å². The number of anilines is 1. The van der Waals surface area contributed by atoms with Crippen molar-refractivity contribution in [2.75, 3.05) is 25.0 Å². The van der Waals surface area contributed by atoms with Gasteiger partial charge in [-0.1, -0.05) is 0 Å². The van der Waals surface area contributed by atoms with Crippen molar-refractivity contribution in [3.8, 4) is 0 Å². The maximum atomic E-state index is 12.7. The number of carbonyl (C=O) groups excluding carboxylic acids is 2. The summed E-state index contributed by atoms with van der Waals surface area (Å²) in [4.78, 5) is 44.0. The Hall–Kier alpha value is -3.77. The Morgan fingerprint density at radius 2 is 1.81 bits per heavy atom. The first kappa shape index (κ1) is 25.3. The van der Waals surface area contributed by atoms with Gasteiger partial charge in [0.15, 0.2) is 5.65 Å². The number of imidazole rings is 1. The van der Waals surface area contributed by atoms with Crippen LogP contribution in [0.15, 0.2) is 30.9 Å². The second-order valence-electron chi connectivity index (χ2n) is 8.79. The number of pyridine rings is 1. The van der Waals surface area contributed by atoms with Crippen molar-refractivity contribution < 1.29 is 22.8 Å². The normalized spacial score (nSPS) is 14.8. The van der Waals surface area contributed by atoms with E-state index in [4.69, 9.17) is 5.73 Å². The molecule has 4 heterocycles. The maximum absolute atomic E-state index is 12.7. The molecule has 1 fully saturated rings. The Bertz CT molecular complexity index is 1220. The number of aromatic nitrogens is 5. The minimum absolute atomic E-state index is 0.0452. The molecule has 2 N–H and O–H groups in total. The lowest BCUT2D eigenvalue weighted by Crippen LogP contribution is -2.46. The molecule has 1 aliphatic heterocycles. The summed E-state index contributed by atoms with van der Waals surface area (Å²) in [6, 6.07) is 3.29. The van der Waals surface area contributed by atoms with Gasteiger partial charge in [-0.2, -0.15) is 13.2 Å². The van der Waals surface area contributed by atoms with Gasteiger partial charge in [-0.25, -0.2) is 19.9 Å². The summed E-state index contributed by atoms with van der Waals surface area (Å²) in [6.07, 6.45) is 1.95. The Labute approximate surface area is 205 Å². The highest BCUT2D eigenvalue weighted by molar-refractivity contribution is 5.92. The Morgan fingerprint density at radius 3 is 2.44 bits per heavy atom. The molecular formula is C23H27F3N8O2. The first-order valence-electron chi connectivity index (χ1n) is 11.6. The molecule has 0 radical (unpaired) electrons. The van der Waals surface area contributed by atoms with E-state index in [1.54, 1.807) is 24.3 Å². The van der Waals surface area contributed by atoms with E-state index in [0.717, 1.165) is 18.8 Å². The monoisotopic (exact) mass is 504 g/mol. The predicted octanol–water partition coefficient (Wildman–Crippen LogP) is 2.64. The van der Waals surface area contributed by atoms with Crippen molar-refractivity contribution >= 4 is 28.9 Å². The van der Waals surface area contributed by atoms with Crippen molar-refractivity contribution in [1.82, 2.24) is 29.4 Å². The van der Waals surface area contributed by atoms with E-state index in [1.165, 1.54) is 6.07 Å². The van der Waals surface area contributed by atoms with Gasteiger partial charge >= 0.3 is 6.18 Å². The number of nitrogens with zero attached hydrogens (tertiary/aromatic N) is 7. The number of alkyl halides is 3. The van der Waals surface area contributed by atoms with Crippen molar-refractivity contribution in [2.45, 2.75) is 50.9 Å². The number of fused-ring (bicyclic) bond motifs is 1. The van der Waals surface area contributed by atoms with Gasteiger partial charge in [0.1, 0.15) is 11.2 Å². The third-order valence-electron chi connectivity index (χ3n) is 6.41. The summed E-state index contributed by atoms with van der Waals surface area (Å²) in [5.41, 5.74) is 5.86. The lowest BCUT2D eigenvalue weighted by Gasteiger charge is -2.36. The maximum Gasteiger partial charge on any atom is 0.419 e. The van der Waals surface area contributed by atoms with E-state index in [2.05, 4.69) is 19.9 Å². The quantitative estimate of drug-likeness (QED) is 0.468. The van der Waals surface area contributed by atoms with Crippen LogP contribution < -0.4 is 10.6 Å². The lowest BCUT2D eigenvalue weighted by atomic mass is 10.0. The number of aryl methyl sites for hydroxylation is 1. The van der Waals surface area contributed by atoms with Crippen LogP contribution in [0.1, 0.15) is 48.2 Å². The van der Waals surface area contributed by atoms with Crippen LogP contribution in [-0.2, 0) is 17.5 Å². The molecule has 1 aliphatic rings. The Morgan fingerprint density at radius 1 is 1.11 bits per heavy atom. The first-order valence-corrected chi connectivity index (χ1v) is 11.6. The van der Waals surface area contributed by atoms with Gasteiger partial charge in [-0.15, -0.1) is 0 Å². The molecule has 192 valence electrons. The molecule has 1 saturated heterocycles. The van der Waals surface area contributed by atoms with E-state index >= 15 is 0 Å². The Kier molecular flexibility index (Phi) is 7.36. The number of rotatable bonds is 8. The molecule has 13 heteroatoms. The van der Waals surface area contributed by atoms with Crippen LogP contribution in [0.25, 0.3) is 11.2 Å². The van der Waals surface area contributed by atoms with Gasteiger partial charge in [0.25, 0.3) is 5.91 Å². The van der Waals surface area contributed by atoms with Gasteiger partial charge < -0.3 is 20.1 Å². The fraction of sp³-hybridized carbons (Fsp3) is 0.478. The van der Waals surface area contributed by atoms with Crippen molar-refractivity contribution in [1.29, 1.82) is 0 Å². The SMILES string of the molecule is CN(C(=O)CCCCn1cnc2ccc(C(N)=O)nc21)C1CCN(c2ncc(C(F)(F)F)cn2)CC1. The van der Waals surface area contributed by atoms with Gasteiger partial charge in [0.05, 0.1) is 11.9 Å². The van der Waals surface area contributed by atoms with E-state index in [9.17, 15) is 22.8 Å². The zero-order chi connectivity index (χ0) is 25.9. The zero-order valence-electron chi connectivity index (χ0n) is 19.8. The molecule has 0 spiro atoms. The molecule has 0 atom stereocenters. The highest BCUT2D eigenvalue weighted by atomic mass is 19.4. The highest BCUT2D eigenvalue weighted by Crippen LogP contribution is 2.29. The third kappa shape index (κ3) is 5.71. The van der Waals surface area contributed by atoms with Crippen LogP contribution in [-0.4, -0.2) is 67.4 Å². The summed E-state index contributed by atoms with van der Waals surface area (Å²) < 4.78 is 40.0. The number of piperidine rings is 1. The van der Waals surface area contributed by atoms with Crippen LogP contribution in [0.3, 0.4) is 0 Å². The molecular weight excluding hydrogens is 477 g/mol. The summed E-state index contributed by atoms with van der Waals surface area (Å²) >= 11 is 0. The summed E-state index contributed by atoms with van der Waals surface area (Å²) in [5, 5.41) is 0.